The van der Waals surface area contributed by atoms with Crippen LogP contribution in [0.3, 0.4) is 0 Å². The fourth-order valence-electron chi connectivity index (χ4n) is 3.58. The molecule has 0 spiro atoms. The third-order valence-electron chi connectivity index (χ3n) is 5.08. The van der Waals surface area contributed by atoms with Crippen LogP contribution in [-0.2, 0) is 18.4 Å². The lowest BCUT2D eigenvalue weighted by Crippen LogP contribution is -2.36. The fraction of sp³-hybridized carbons (Fsp3) is 0.526. The number of nitrogens with zero attached hydrogens (tertiary/aromatic N) is 5. The van der Waals surface area contributed by atoms with E-state index in [-0.39, 0.29) is 0 Å². The monoisotopic (exact) mass is 339 g/mol. The summed E-state index contributed by atoms with van der Waals surface area (Å²) < 4.78 is 1.88. The van der Waals surface area contributed by atoms with Crippen LogP contribution in [0.2, 0.25) is 0 Å². The van der Waals surface area contributed by atoms with E-state index >= 15 is 0 Å². The molecule has 2 fully saturated rings. The van der Waals surface area contributed by atoms with Crippen molar-refractivity contribution >= 4 is 5.91 Å². The third kappa shape index (κ3) is 3.74. The molecule has 6 heteroatoms. The van der Waals surface area contributed by atoms with E-state index in [1.54, 1.807) is 12.4 Å². The van der Waals surface area contributed by atoms with E-state index in [0.29, 0.717) is 11.8 Å². The summed E-state index contributed by atoms with van der Waals surface area (Å²) in [5.41, 5.74) is 3.36. The van der Waals surface area contributed by atoms with Crippen molar-refractivity contribution in [3.05, 3.63) is 36.3 Å². The summed E-state index contributed by atoms with van der Waals surface area (Å²) in [7, 11) is 1.96. The van der Waals surface area contributed by atoms with Gasteiger partial charge in [-0.1, -0.05) is 0 Å². The molecule has 2 aromatic heterocycles. The number of rotatable bonds is 4. The molecule has 132 valence electrons. The highest BCUT2D eigenvalue weighted by Crippen LogP contribution is 2.31. The largest absolute Gasteiger partial charge is 0.341 e. The van der Waals surface area contributed by atoms with Gasteiger partial charge in [0, 0.05) is 75.4 Å². The fourth-order valence-corrected chi connectivity index (χ4v) is 3.58. The number of hydrogen-bond donors (Lipinski definition) is 0. The van der Waals surface area contributed by atoms with E-state index in [0.717, 1.165) is 63.2 Å². The van der Waals surface area contributed by atoms with Crippen molar-refractivity contribution in [1.82, 2.24) is 24.6 Å². The average Bonchev–Trinajstić information content (AvgIpc) is 3.43. The summed E-state index contributed by atoms with van der Waals surface area (Å²) in [5, 5.41) is 4.64. The molecule has 1 amide bonds. The first-order valence-electron chi connectivity index (χ1n) is 9.15. The minimum Gasteiger partial charge on any atom is -0.341 e. The van der Waals surface area contributed by atoms with Gasteiger partial charge in [-0.25, -0.2) is 0 Å². The predicted molar refractivity (Wildman–Crippen MR) is 95.6 cm³/mol. The van der Waals surface area contributed by atoms with Crippen LogP contribution in [-0.4, -0.2) is 56.7 Å². The minimum absolute atomic E-state index is 0.322. The van der Waals surface area contributed by atoms with E-state index in [1.165, 1.54) is 5.56 Å². The Labute approximate surface area is 148 Å². The van der Waals surface area contributed by atoms with Gasteiger partial charge in [0.1, 0.15) is 0 Å². The molecule has 1 saturated heterocycles. The zero-order valence-electron chi connectivity index (χ0n) is 14.8. The topological polar surface area (TPSA) is 54.3 Å². The van der Waals surface area contributed by atoms with Crippen LogP contribution in [0, 0.1) is 5.92 Å². The summed E-state index contributed by atoms with van der Waals surface area (Å²) in [6, 6.07) is 4.01. The molecule has 0 aromatic carbocycles. The molecule has 25 heavy (non-hydrogen) atoms. The van der Waals surface area contributed by atoms with Gasteiger partial charge >= 0.3 is 0 Å². The minimum atomic E-state index is 0.322. The van der Waals surface area contributed by atoms with Gasteiger partial charge in [0.15, 0.2) is 0 Å². The Bertz CT molecular complexity index is 738. The van der Waals surface area contributed by atoms with Crippen molar-refractivity contribution in [3.8, 4) is 11.3 Å². The molecule has 0 bridgehead atoms. The highest BCUT2D eigenvalue weighted by molar-refractivity contribution is 5.81. The average molecular weight is 339 g/mol. The van der Waals surface area contributed by atoms with Gasteiger partial charge in [-0.3, -0.25) is 19.4 Å². The van der Waals surface area contributed by atoms with Crippen LogP contribution in [0.5, 0.6) is 0 Å². The number of aromatic nitrogens is 3. The zero-order valence-corrected chi connectivity index (χ0v) is 14.8. The normalized spacial score (nSPS) is 19.0. The number of carbonyl (C=O) groups excluding carboxylic acids is 1. The molecule has 0 atom stereocenters. The lowest BCUT2D eigenvalue weighted by atomic mass is 10.1. The molecule has 2 aliphatic rings. The summed E-state index contributed by atoms with van der Waals surface area (Å²) in [5.74, 6) is 0.698. The standard InChI is InChI=1S/C19H25N5O/c1-22-13-17(18(21-22)15-5-7-20-8-6-15)14-23-9-2-10-24(12-11-23)19(25)16-3-4-16/h5-8,13,16H,2-4,9-12,14H2,1H3. The van der Waals surface area contributed by atoms with Gasteiger partial charge in [-0.2, -0.15) is 5.10 Å². The van der Waals surface area contributed by atoms with Gasteiger partial charge in [-0.15, -0.1) is 0 Å². The summed E-state index contributed by atoms with van der Waals surface area (Å²) in [4.78, 5) is 20.9. The van der Waals surface area contributed by atoms with Crippen molar-refractivity contribution in [2.45, 2.75) is 25.8 Å². The maximum atomic E-state index is 12.3. The van der Waals surface area contributed by atoms with Crippen molar-refractivity contribution in [2.75, 3.05) is 26.2 Å². The van der Waals surface area contributed by atoms with Crippen LogP contribution in [0.25, 0.3) is 11.3 Å². The second-order valence-corrected chi connectivity index (χ2v) is 7.14. The Morgan fingerprint density at radius 2 is 1.96 bits per heavy atom. The maximum absolute atomic E-state index is 12.3. The highest BCUT2D eigenvalue weighted by atomic mass is 16.2. The number of carbonyl (C=O) groups is 1. The Morgan fingerprint density at radius 3 is 2.72 bits per heavy atom. The Balaban J connectivity index is 1.45. The van der Waals surface area contributed by atoms with E-state index in [9.17, 15) is 4.79 Å². The smallest absolute Gasteiger partial charge is 0.225 e. The Hall–Kier alpha value is -2.21. The van der Waals surface area contributed by atoms with Crippen molar-refractivity contribution in [1.29, 1.82) is 0 Å². The molecule has 3 heterocycles. The molecule has 1 aliphatic carbocycles. The third-order valence-corrected chi connectivity index (χ3v) is 5.08. The van der Waals surface area contributed by atoms with Gasteiger partial charge in [0.05, 0.1) is 5.69 Å². The van der Waals surface area contributed by atoms with Gasteiger partial charge < -0.3 is 4.90 Å². The first-order chi connectivity index (χ1) is 12.2. The van der Waals surface area contributed by atoms with E-state index < -0.39 is 0 Å². The maximum Gasteiger partial charge on any atom is 0.225 e. The molecular weight excluding hydrogens is 314 g/mol. The molecule has 1 aliphatic heterocycles. The summed E-state index contributed by atoms with van der Waals surface area (Å²) in [6.45, 7) is 4.58. The predicted octanol–water partition coefficient (Wildman–Crippen LogP) is 1.93. The second kappa shape index (κ2) is 6.96. The molecular formula is C19H25N5O. The van der Waals surface area contributed by atoms with Crippen molar-refractivity contribution in [3.63, 3.8) is 0 Å². The van der Waals surface area contributed by atoms with Crippen LogP contribution in [0.4, 0.5) is 0 Å². The van der Waals surface area contributed by atoms with Crippen LogP contribution >= 0.6 is 0 Å². The molecule has 0 unspecified atom stereocenters. The first kappa shape index (κ1) is 16.3. The Morgan fingerprint density at radius 1 is 1.16 bits per heavy atom. The quantitative estimate of drug-likeness (QED) is 0.854. The van der Waals surface area contributed by atoms with Crippen LogP contribution in [0.1, 0.15) is 24.8 Å². The van der Waals surface area contributed by atoms with Crippen molar-refractivity contribution < 1.29 is 4.79 Å². The Kier molecular flexibility index (Phi) is 4.53. The molecule has 1 saturated carbocycles. The van der Waals surface area contributed by atoms with Crippen molar-refractivity contribution in [2.24, 2.45) is 13.0 Å². The molecule has 0 N–H and O–H groups in total. The van der Waals surface area contributed by atoms with Crippen LogP contribution < -0.4 is 0 Å². The SMILES string of the molecule is Cn1cc(CN2CCCN(C(=O)C3CC3)CC2)c(-c2ccncc2)n1. The number of aryl methyl sites for hydroxylation is 1. The van der Waals surface area contributed by atoms with Gasteiger partial charge in [0.25, 0.3) is 0 Å². The molecule has 2 aromatic rings. The number of amides is 1. The molecule has 0 radical (unpaired) electrons. The second-order valence-electron chi connectivity index (χ2n) is 7.14. The lowest BCUT2D eigenvalue weighted by molar-refractivity contribution is -0.132. The summed E-state index contributed by atoms with van der Waals surface area (Å²) >= 11 is 0. The number of pyridine rings is 1. The highest BCUT2D eigenvalue weighted by Gasteiger charge is 2.33. The van der Waals surface area contributed by atoms with E-state index in [1.807, 2.05) is 23.9 Å². The summed E-state index contributed by atoms with van der Waals surface area (Å²) in [6.07, 6.45) is 8.94. The lowest BCUT2D eigenvalue weighted by Gasteiger charge is -2.22. The molecule has 4 rings (SSSR count). The van der Waals surface area contributed by atoms with Gasteiger partial charge in [0.2, 0.25) is 5.91 Å². The van der Waals surface area contributed by atoms with Crippen LogP contribution in [0.15, 0.2) is 30.7 Å². The van der Waals surface area contributed by atoms with Gasteiger partial charge in [-0.05, 0) is 31.4 Å². The van der Waals surface area contributed by atoms with E-state index in [4.69, 9.17) is 0 Å². The first-order valence-corrected chi connectivity index (χ1v) is 9.15. The zero-order chi connectivity index (χ0) is 17.2. The van der Waals surface area contributed by atoms with E-state index in [2.05, 4.69) is 26.1 Å². The number of hydrogen-bond acceptors (Lipinski definition) is 4. The molecule has 6 nitrogen and oxygen atoms in total.